The van der Waals surface area contributed by atoms with E-state index in [0.717, 1.165) is 22.2 Å². The maximum absolute atomic E-state index is 15.1. The topological polar surface area (TPSA) is 171 Å². The minimum atomic E-state index is -4.73. The summed E-state index contributed by atoms with van der Waals surface area (Å²) in [5.41, 5.74) is 3.75. The Balaban J connectivity index is 0.00000148. The molecule has 0 fully saturated rings. The van der Waals surface area contributed by atoms with E-state index in [-0.39, 0.29) is 50.8 Å². The molecule has 2 amide bonds. The smallest absolute Gasteiger partial charge is 0.436 e. The van der Waals surface area contributed by atoms with Crippen LogP contribution in [0.2, 0.25) is 5.02 Å². The second-order valence-corrected chi connectivity index (χ2v) is 11.0. The van der Waals surface area contributed by atoms with E-state index in [2.05, 4.69) is 15.6 Å². The Morgan fingerprint density at radius 1 is 1.10 bits per heavy atom. The van der Waals surface area contributed by atoms with Crippen molar-refractivity contribution in [3.8, 4) is 22.6 Å². The molecule has 0 bridgehead atoms. The monoisotopic (exact) mass is 694 g/mol. The van der Waals surface area contributed by atoms with Crippen molar-refractivity contribution in [3.63, 3.8) is 0 Å². The molecular weight excluding hydrogens is 664 g/mol. The molecule has 48 heavy (non-hydrogen) atoms. The summed E-state index contributed by atoms with van der Waals surface area (Å²) in [6.07, 6.45) is -2.61. The number of methoxy groups -OCH3 is 1. The molecule has 0 saturated heterocycles. The molecule has 0 saturated carbocycles. The number of rotatable bonds is 9. The molecule has 17 heteroatoms. The summed E-state index contributed by atoms with van der Waals surface area (Å²) in [5, 5.41) is 17.1. The highest BCUT2D eigenvalue weighted by Gasteiger charge is 2.35. The number of hydrogen-bond donors (Lipinski definition) is 3. The van der Waals surface area contributed by atoms with E-state index in [9.17, 15) is 27.6 Å². The molecule has 4 rings (SSSR count). The molecule has 1 atom stereocenters. The van der Waals surface area contributed by atoms with Gasteiger partial charge in [-0.05, 0) is 42.7 Å². The number of benzene rings is 2. The van der Waals surface area contributed by atoms with Gasteiger partial charge in [0, 0.05) is 40.4 Å². The standard InChI is InChI=1S/C29H27ClF4N6O4.C2H4O2/c1-5-20(28(43)36-19-8-7-16(27(35)42)26(31)25(19)14(2)3)39-12-22(44-4)18(11-24(39)41)17-10-15(30)6-9-21(17)40-13-23(37-38-40)29(32,33)34;1-2(3)4/h6-14,20H,5H2,1-4H3,(H2,35,42)(H,36,43);1H3,(H,3,4)/t20-;/m0./s1. The van der Waals surface area contributed by atoms with Crippen molar-refractivity contribution in [2.45, 2.75) is 52.3 Å². The number of alkyl halides is 3. The van der Waals surface area contributed by atoms with Crippen LogP contribution in [0.1, 0.15) is 67.7 Å². The highest BCUT2D eigenvalue weighted by molar-refractivity contribution is 6.31. The van der Waals surface area contributed by atoms with Crippen LogP contribution in [0.3, 0.4) is 0 Å². The number of nitrogens with two attached hydrogens (primary N) is 1. The zero-order chi connectivity index (χ0) is 36.1. The number of halogens is 5. The van der Waals surface area contributed by atoms with E-state index in [1.807, 2.05) is 0 Å². The van der Waals surface area contributed by atoms with E-state index >= 15 is 4.39 Å². The van der Waals surface area contributed by atoms with Crippen LogP contribution in [0.4, 0.5) is 23.2 Å². The number of amides is 2. The van der Waals surface area contributed by atoms with Crippen LogP contribution in [0.15, 0.2) is 53.6 Å². The minimum absolute atomic E-state index is 0.0695. The van der Waals surface area contributed by atoms with Gasteiger partial charge in [-0.25, -0.2) is 9.07 Å². The largest absolute Gasteiger partial charge is 0.495 e. The van der Waals surface area contributed by atoms with Gasteiger partial charge in [0.1, 0.15) is 17.6 Å². The van der Waals surface area contributed by atoms with Crippen LogP contribution in [-0.4, -0.2) is 49.6 Å². The zero-order valence-electron chi connectivity index (χ0n) is 26.2. The van der Waals surface area contributed by atoms with Crippen molar-refractivity contribution < 1.29 is 41.8 Å². The molecule has 12 nitrogen and oxygen atoms in total. The number of aromatic nitrogens is 4. The second-order valence-electron chi connectivity index (χ2n) is 10.5. The fraction of sp³-hybridized carbons (Fsp3) is 0.290. The van der Waals surface area contributed by atoms with E-state index in [4.69, 9.17) is 32.0 Å². The Bertz CT molecular complexity index is 1900. The summed E-state index contributed by atoms with van der Waals surface area (Å²) in [4.78, 5) is 47.6. The molecule has 2 aromatic heterocycles. The number of hydrogen-bond acceptors (Lipinski definition) is 7. The number of nitrogens with zero attached hydrogens (tertiary/aromatic N) is 4. The zero-order valence-corrected chi connectivity index (χ0v) is 27.0. The Morgan fingerprint density at radius 2 is 1.75 bits per heavy atom. The SMILES string of the molecule is CC(=O)O.CC[C@@H](C(=O)Nc1ccc(C(N)=O)c(F)c1C(C)C)n1cc(OC)c(-c2cc(Cl)ccc2-n2cc(C(F)(F)F)nn2)cc1=O. The van der Waals surface area contributed by atoms with Crippen molar-refractivity contribution in [1.29, 1.82) is 0 Å². The predicted octanol–water partition coefficient (Wildman–Crippen LogP) is 5.82. The number of pyridine rings is 1. The predicted molar refractivity (Wildman–Crippen MR) is 168 cm³/mol. The lowest BCUT2D eigenvalue weighted by atomic mass is 9.96. The van der Waals surface area contributed by atoms with Gasteiger partial charge in [-0.3, -0.25) is 23.7 Å². The van der Waals surface area contributed by atoms with Gasteiger partial charge in [0.15, 0.2) is 5.69 Å². The van der Waals surface area contributed by atoms with E-state index < -0.39 is 53.0 Å². The third kappa shape index (κ3) is 8.36. The Labute approximate surface area is 276 Å². The first-order valence-electron chi connectivity index (χ1n) is 14.1. The minimum Gasteiger partial charge on any atom is -0.495 e. The average molecular weight is 695 g/mol. The van der Waals surface area contributed by atoms with Crippen LogP contribution in [0, 0.1) is 5.82 Å². The normalized spacial score (nSPS) is 11.8. The quantitative estimate of drug-likeness (QED) is 0.184. The Kier molecular flexibility index (Phi) is 11.7. The molecule has 4 aromatic rings. The van der Waals surface area contributed by atoms with Crippen molar-refractivity contribution in [3.05, 3.63) is 86.8 Å². The second kappa shape index (κ2) is 15.1. The fourth-order valence-corrected chi connectivity index (χ4v) is 4.93. The van der Waals surface area contributed by atoms with Gasteiger partial charge in [0.2, 0.25) is 5.91 Å². The Hall–Kier alpha value is -5.25. The van der Waals surface area contributed by atoms with Crippen molar-refractivity contribution in [1.82, 2.24) is 19.6 Å². The Morgan fingerprint density at radius 3 is 2.27 bits per heavy atom. The maximum atomic E-state index is 15.1. The molecule has 2 heterocycles. The molecule has 0 aliphatic rings. The third-order valence-electron chi connectivity index (χ3n) is 6.85. The van der Waals surface area contributed by atoms with Crippen LogP contribution in [0.5, 0.6) is 5.75 Å². The number of carbonyl (C=O) groups excluding carboxylic acids is 2. The average Bonchev–Trinajstić information content (AvgIpc) is 3.48. The number of carboxylic acids is 1. The maximum Gasteiger partial charge on any atom is 0.436 e. The molecule has 0 unspecified atom stereocenters. The van der Waals surface area contributed by atoms with Gasteiger partial charge in [-0.15, -0.1) is 5.10 Å². The van der Waals surface area contributed by atoms with Gasteiger partial charge in [-0.2, -0.15) is 13.2 Å². The van der Waals surface area contributed by atoms with Crippen LogP contribution < -0.4 is 21.3 Å². The highest BCUT2D eigenvalue weighted by Crippen LogP contribution is 2.37. The van der Waals surface area contributed by atoms with Crippen molar-refractivity contribution in [2.24, 2.45) is 5.73 Å². The number of carbonyl (C=O) groups is 3. The van der Waals surface area contributed by atoms with Crippen LogP contribution in [-0.2, 0) is 15.8 Å². The summed E-state index contributed by atoms with van der Waals surface area (Å²) < 4.78 is 62.2. The number of carboxylic acid groups (broad SMARTS) is 1. The van der Waals surface area contributed by atoms with Crippen molar-refractivity contribution >= 4 is 35.1 Å². The lowest BCUT2D eigenvalue weighted by molar-refractivity contribution is -0.141. The molecule has 0 radical (unpaired) electrons. The first-order chi connectivity index (χ1) is 22.4. The number of ether oxygens (including phenoxy) is 1. The lowest BCUT2D eigenvalue weighted by Crippen LogP contribution is -2.33. The molecular formula is C31H31ClF4N6O6. The van der Waals surface area contributed by atoms with Crippen LogP contribution in [0.25, 0.3) is 16.8 Å². The third-order valence-corrected chi connectivity index (χ3v) is 7.08. The number of nitrogens with one attached hydrogen (secondary N) is 1. The molecule has 2 aromatic carbocycles. The van der Waals surface area contributed by atoms with Crippen LogP contribution >= 0.6 is 11.6 Å². The number of aliphatic carboxylic acids is 1. The fourth-order valence-electron chi connectivity index (χ4n) is 4.76. The van der Waals surface area contributed by atoms with E-state index in [0.29, 0.717) is 6.20 Å². The van der Waals surface area contributed by atoms with Gasteiger partial charge in [0.05, 0.1) is 30.8 Å². The van der Waals surface area contributed by atoms with E-state index in [1.165, 1.54) is 43.6 Å². The molecule has 4 N–H and O–H groups in total. The molecule has 0 aliphatic heterocycles. The summed E-state index contributed by atoms with van der Waals surface area (Å²) in [5.74, 6) is -3.64. The number of primary amides is 1. The highest BCUT2D eigenvalue weighted by atomic mass is 35.5. The van der Waals surface area contributed by atoms with Gasteiger partial charge in [0.25, 0.3) is 17.4 Å². The van der Waals surface area contributed by atoms with Gasteiger partial charge < -0.3 is 20.9 Å². The molecule has 256 valence electrons. The van der Waals surface area contributed by atoms with Crippen molar-refractivity contribution in [2.75, 3.05) is 12.4 Å². The van der Waals surface area contributed by atoms with E-state index in [1.54, 1.807) is 20.8 Å². The first kappa shape index (κ1) is 37.2. The summed E-state index contributed by atoms with van der Waals surface area (Å²) >= 11 is 6.21. The molecule has 0 aliphatic carbocycles. The van der Waals surface area contributed by atoms with Gasteiger partial charge >= 0.3 is 6.18 Å². The summed E-state index contributed by atoms with van der Waals surface area (Å²) in [6.45, 7) is 6.10. The lowest BCUT2D eigenvalue weighted by Gasteiger charge is -2.22. The summed E-state index contributed by atoms with van der Waals surface area (Å²) in [6, 6.07) is 6.87. The van der Waals surface area contributed by atoms with Gasteiger partial charge in [-0.1, -0.05) is 37.6 Å². The first-order valence-corrected chi connectivity index (χ1v) is 14.5. The summed E-state index contributed by atoms with van der Waals surface area (Å²) in [7, 11) is 1.31. The number of anilines is 1. The molecule has 0 spiro atoms.